The van der Waals surface area contributed by atoms with Crippen molar-refractivity contribution in [3.63, 3.8) is 0 Å². The van der Waals surface area contributed by atoms with Crippen LogP contribution < -0.4 is 15.8 Å². The molecule has 9 N–H and O–H groups in total. The summed E-state index contributed by atoms with van der Waals surface area (Å²) in [5.41, 5.74) is 9.06. The van der Waals surface area contributed by atoms with Gasteiger partial charge in [0.1, 0.15) is 6.10 Å². The molecule has 44 heavy (non-hydrogen) atoms. The van der Waals surface area contributed by atoms with E-state index in [2.05, 4.69) is 28.2 Å². The number of H-pyrrole nitrogens is 1. The highest BCUT2D eigenvalue weighted by Crippen LogP contribution is 2.32. The van der Waals surface area contributed by atoms with Crippen molar-refractivity contribution in [2.75, 3.05) is 19.8 Å². The number of aromatic hydroxyl groups is 1. The highest BCUT2D eigenvalue weighted by Gasteiger charge is 2.27. The average Bonchev–Trinajstić information content (AvgIpc) is 3.53. The minimum absolute atomic E-state index is 0.0191. The summed E-state index contributed by atoms with van der Waals surface area (Å²) < 4.78 is 6.19. The summed E-state index contributed by atoms with van der Waals surface area (Å²) in [6, 6.07) is 9.12. The number of aliphatic hydroxyl groups is 4. The Morgan fingerprint density at radius 3 is 2.73 bits per heavy atom. The number of ether oxygens (including phenoxy) is 1. The Kier molecular flexibility index (Phi) is 13.1. The van der Waals surface area contributed by atoms with E-state index >= 15 is 0 Å². The van der Waals surface area contributed by atoms with Gasteiger partial charge in [0.25, 0.3) is 0 Å². The van der Waals surface area contributed by atoms with E-state index in [1.165, 1.54) is 0 Å². The predicted octanol–water partition coefficient (Wildman–Crippen LogP) is 3.28. The van der Waals surface area contributed by atoms with Crippen LogP contribution in [0.1, 0.15) is 62.6 Å². The molecular weight excluding hydrogens is 558 g/mol. The van der Waals surface area contributed by atoms with Gasteiger partial charge in [0.2, 0.25) is 0 Å². The Hall–Kier alpha value is -3.42. The Bertz CT molecular complexity index is 1280. The minimum Gasteiger partial charge on any atom is -0.504 e. The zero-order chi connectivity index (χ0) is 31.3. The zero-order valence-electron chi connectivity index (χ0n) is 25.5. The smallest absolute Gasteiger partial charge is 0.161 e. The molecule has 9 heteroatoms. The number of nitrogens with two attached hydrogens (primary N) is 1. The Balaban J connectivity index is 1.40. The van der Waals surface area contributed by atoms with Crippen LogP contribution in [0, 0.1) is 29.6 Å². The van der Waals surface area contributed by atoms with Crippen LogP contribution in [0.25, 0.3) is 0 Å². The number of rotatable bonds is 14. The third kappa shape index (κ3) is 10.1. The number of aliphatic hydroxyl groups excluding tert-OH is 4. The maximum absolute atomic E-state index is 11.1. The number of hydrogen-bond donors (Lipinski definition) is 8. The van der Waals surface area contributed by atoms with Gasteiger partial charge in [-0.15, -0.1) is 5.92 Å². The molecule has 1 aromatic heterocycles. The first kappa shape index (κ1) is 33.5. The largest absolute Gasteiger partial charge is 0.504 e. The summed E-state index contributed by atoms with van der Waals surface area (Å²) in [5, 5.41) is 55.2. The molecule has 0 spiro atoms. The summed E-state index contributed by atoms with van der Waals surface area (Å²) >= 11 is 0. The fraction of sp³-hybridized carbons (Fsp3) is 0.543. The normalized spacial score (nSPS) is 22.8. The number of aromatic nitrogens is 1. The number of aryl methyl sites for hydroxylation is 1. The molecule has 2 heterocycles. The van der Waals surface area contributed by atoms with Gasteiger partial charge in [-0.05, 0) is 92.3 Å². The van der Waals surface area contributed by atoms with Crippen LogP contribution in [0.5, 0.6) is 11.5 Å². The predicted molar refractivity (Wildman–Crippen MR) is 170 cm³/mol. The number of aromatic amines is 1. The molecule has 0 radical (unpaired) electrons. The van der Waals surface area contributed by atoms with Crippen molar-refractivity contribution in [1.82, 2.24) is 10.3 Å². The molecule has 0 saturated carbocycles. The molecular formula is C35H49N3O6. The lowest BCUT2D eigenvalue weighted by atomic mass is 9.85. The minimum atomic E-state index is -0.745. The van der Waals surface area contributed by atoms with Gasteiger partial charge in [-0.3, -0.25) is 0 Å². The monoisotopic (exact) mass is 607 g/mol. The van der Waals surface area contributed by atoms with Crippen LogP contribution in [0.4, 0.5) is 0 Å². The van der Waals surface area contributed by atoms with E-state index in [-0.39, 0.29) is 42.5 Å². The van der Waals surface area contributed by atoms with Crippen molar-refractivity contribution < 1.29 is 30.3 Å². The van der Waals surface area contributed by atoms with Gasteiger partial charge in [0.05, 0.1) is 24.6 Å². The maximum atomic E-state index is 11.1. The molecule has 6 unspecified atom stereocenters. The van der Waals surface area contributed by atoms with Gasteiger partial charge in [-0.1, -0.05) is 30.9 Å². The molecule has 240 valence electrons. The van der Waals surface area contributed by atoms with E-state index in [0.717, 1.165) is 36.1 Å². The van der Waals surface area contributed by atoms with Crippen LogP contribution in [-0.2, 0) is 12.8 Å². The second-order valence-corrected chi connectivity index (χ2v) is 12.1. The fourth-order valence-corrected chi connectivity index (χ4v) is 6.20. The number of hydrogen-bond acceptors (Lipinski definition) is 8. The molecule has 0 fully saturated rings. The van der Waals surface area contributed by atoms with Crippen molar-refractivity contribution in [2.45, 2.75) is 82.5 Å². The lowest BCUT2D eigenvalue weighted by molar-refractivity contribution is 0.00555. The zero-order valence-corrected chi connectivity index (χ0v) is 25.5. The molecule has 1 aliphatic heterocycles. The second kappa shape index (κ2) is 17.2. The first-order chi connectivity index (χ1) is 21.4. The van der Waals surface area contributed by atoms with Crippen molar-refractivity contribution in [2.24, 2.45) is 23.5 Å². The highest BCUT2D eigenvalue weighted by molar-refractivity contribution is 5.42. The molecule has 2 aromatic rings. The summed E-state index contributed by atoms with van der Waals surface area (Å²) in [6.07, 6.45) is 10.5. The maximum Gasteiger partial charge on any atom is 0.161 e. The Labute approximate surface area is 260 Å². The molecule has 2 aliphatic rings. The van der Waals surface area contributed by atoms with E-state index in [4.69, 9.17) is 10.5 Å². The van der Waals surface area contributed by atoms with Crippen LogP contribution in [0.15, 0.2) is 60.1 Å². The topological polar surface area (TPSA) is 164 Å². The standard InChI is InChI=1S/C35H49N3O6/c36-35-22-26(14-17-38-35)27(20-28-7-4-16-37-28)21-29(23-40)44-34-19-25(11-13-33(34)43)10-12-32(42)30-8-3-6-24(15-18-39)5-1-2-9-31(30)41/h4,7,11,13-14,16,19,22,24,27,29-32,37-43H,1-2,5,8-10,12,15,17-18,20-21,23,36H2. The summed E-state index contributed by atoms with van der Waals surface area (Å²) in [4.78, 5) is 3.25. The van der Waals surface area contributed by atoms with Crippen molar-refractivity contribution in [3.05, 3.63) is 71.3 Å². The van der Waals surface area contributed by atoms with Gasteiger partial charge in [0.15, 0.2) is 11.5 Å². The van der Waals surface area contributed by atoms with Crippen LogP contribution in [-0.4, -0.2) is 68.6 Å². The van der Waals surface area contributed by atoms with E-state index in [1.807, 2.05) is 24.4 Å². The van der Waals surface area contributed by atoms with Crippen molar-refractivity contribution in [3.8, 4) is 23.3 Å². The number of dihydropyridines is 1. The number of benzene rings is 1. The molecule has 1 aliphatic carbocycles. The Morgan fingerprint density at radius 1 is 1.14 bits per heavy atom. The third-order valence-corrected chi connectivity index (χ3v) is 8.78. The lowest BCUT2D eigenvalue weighted by Gasteiger charge is -2.27. The van der Waals surface area contributed by atoms with Crippen molar-refractivity contribution >= 4 is 0 Å². The number of allylic oxidation sites excluding steroid dienone is 2. The number of nitrogens with one attached hydrogen (secondary N) is 2. The SMILES string of the molecule is NC1=CC(C(Cc2ccc[nH]2)CC(CO)Oc2cc(CCC(O)C3CC#CC(CCO)CCCCC3O)ccc2O)=CCN1. The number of phenolic OH excluding ortho intramolecular Hbond substituents is 1. The quantitative estimate of drug-likeness (QED) is 0.152. The van der Waals surface area contributed by atoms with Gasteiger partial charge >= 0.3 is 0 Å². The fourth-order valence-electron chi connectivity index (χ4n) is 6.20. The average molecular weight is 608 g/mol. The second-order valence-electron chi connectivity index (χ2n) is 12.1. The molecule has 0 bridgehead atoms. The van der Waals surface area contributed by atoms with Crippen molar-refractivity contribution in [1.29, 1.82) is 0 Å². The van der Waals surface area contributed by atoms with E-state index in [9.17, 15) is 25.5 Å². The molecule has 0 saturated heterocycles. The lowest BCUT2D eigenvalue weighted by Crippen LogP contribution is -2.32. The van der Waals surface area contributed by atoms with Gasteiger partial charge in [-0.2, -0.15) is 0 Å². The summed E-state index contributed by atoms with van der Waals surface area (Å²) in [6.45, 7) is 0.517. The van der Waals surface area contributed by atoms with Gasteiger partial charge < -0.3 is 46.3 Å². The van der Waals surface area contributed by atoms with E-state index < -0.39 is 18.3 Å². The van der Waals surface area contributed by atoms with Crippen LogP contribution in [0.3, 0.4) is 0 Å². The Morgan fingerprint density at radius 2 is 1.98 bits per heavy atom. The summed E-state index contributed by atoms with van der Waals surface area (Å²) in [7, 11) is 0. The summed E-state index contributed by atoms with van der Waals surface area (Å²) in [5.74, 6) is 7.10. The highest BCUT2D eigenvalue weighted by atomic mass is 16.5. The molecule has 1 aromatic carbocycles. The van der Waals surface area contributed by atoms with Crippen LogP contribution >= 0.6 is 0 Å². The molecule has 6 atom stereocenters. The third-order valence-electron chi connectivity index (χ3n) is 8.78. The van der Waals surface area contributed by atoms with Gasteiger partial charge in [-0.25, -0.2) is 0 Å². The first-order valence-electron chi connectivity index (χ1n) is 15.9. The number of phenols is 1. The van der Waals surface area contributed by atoms with E-state index in [1.54, 1.807) is 18.2 Å². The van der Waals surface area contributed by atoms with Gasteiger partial charge in [0, 0.05) is 43.3 Å². The van der Waals surface area contributed by atoms with Crippen LogP contribution in [0.2, 0.25) is 0 Å². The molecule has 9 nitrogen and oxygen atoms in total. The van der Waals surface area contributed by atoms with E-state index in [0.29, 0.717) is 57.3 Å². The molecule has 4 rings (SSSR count). The molecule has 0 amide bonds. The first-order valence-corrected chi connectivity index (χ1v) is 15.9.